The zero-order valence-electron chi connectivity index (χ0n) is 9.16. The van der Waals surface area contributed by atoms with Crippen molar-refractivity contribution in [3.63, 3.8) is 0 Å². The van der Waals surface area contributed by atoms with Crippen molar-refractivity contribution >= 4 is 0 Å². The largest absolute Gasteiger partial charge is 0.508 e. The summed E-state index contributed by atoms with van der Waals surface area (Å²) < 4.78 is 5.69. The van der Waals surface area contributed by atoms with E-state index in [1.165, 1.54) is 0 Å². The first-order valence-electron chi connectivity index (χ1n) is 5.21. The third kappa shape index (κ3) is 2.30. The van der Waals surface area contributed by atoms with Crippen molar-refractivity contribution in [1.82, 2.24) is 5.32 Å². The van der Waals surface area contributed by atoms with Crippen molar-refractivity contribution in [2.24, 2.45) is 5.41 Å². The second-order valence-corrected chi connectivity index (χ2v) is 4.79. The van der Waals surface area contributed by atoms with Gasteiger partial charge in [-0.15, -0.1) is 0 Å². The van der Waals surface area contributed by atoms with Gasteiger partial charge in [-0.05, 0) is 6.07 Å². The SMILES string of the molecule is CC1(C)CNC(c2ccccc2O)OC1. The summed E-state index contributed by atoms with van der Waals surface area (Å²) in [6, 6.07) is 7.27. The van der Waals surface area contributed by atoms with Crippen LogP contribution in [0.4, 0.5) is 0 Å². The molecule has 2 N–H and O–H groups in total. The summed E-state index contributed by atoms with van der Waals surface area (Å²) in [5.74, 6) is 0.287. The van der Waals surface area contributed by atoms with Crippen LogP contribution >= 0.6 is 0 Å². The first-order valence-corrected chi connectivity index (χ1v) is 5.21. The Hall–Kier alpha value is -1.06. The van der Waals surface area contributed by atoms with Crippen molar-refractivity contribution in [1.29, 1.82) is 0 Å². The molecule has 0 saturated carbocycles. The zero-order valence-corrected chi connectivity index (χ0v) is 9.16. The van der Waals surface area contributed by atoms with Crippen molar-refractivity contribution in [3.05, 3.63) is 29.8 Å². The highest BCUT2D eigenvalue weighted by molar-refractivity contribution is 5.33. The molecule has 1 fully saturated rings. The van der Waals surface area contributed by atoms with Crippen LogP contribution in [0.2, 0.25) is 0 Å². The number of benzene rings is 1. The molecule has 1 atom stereocenters. The summed E-state index contributed by atoms with van der Waals surface area (Å²) >= 11 is 0. The molecule has 1 aliphatic heterocycles. The van der Waals surface area contributed by atoms with E-state index in [9.17, 15) is 5.11 Å². The molecule has 2 rings (SSSR count). The van der Waals surface area contributed by atoms with Gasteiger partial charge in [0.2, 0.25) is 0 Å². The summed E-state index contributed by atoms with van der Waals surface area (Å²) in [5, 5.41) is 13.0. The van der Waals surface area contributed by atoms with Gasteiger partial charge in [-0.3, -0.25) is 5.32 Å². The van der Waals surface area contributed by atoms with Crippen LogP contribution in [0.3, 0.4) is 0 Å². The molecule has 3 nitrogen and oxygen atoms in total. The summed E-state index contributed by atoms with van der Waals surface area (Å²) in [7, 11) is 0. The van der Waals surface area contributed by atoms with Crippen LogP contribution in [-0.4, -0.2) is 18.3 Å². The lowest BCUT2D eigenvalue weighted by atomic mass is 9.93. The summed E-state index contributed by atoms with van der Waals surface area (Å²) in [4.78, 5) is 0. The van der Waals surface area contributed by atoms with Crippen LogP contribution in [0.15, 0.2) is 24.3 Å². The number of hydrogen-bond acceptors (Lipinski definition) is 3. The van der Waals surface area contributed by atoms with E-state index >= 15 is 0 Å². The Balaban J connectivity index is 2.11. The van der Waals surface area contributed by atoms with Gasteiger partial charge >= 0.3 is 0 Å². The van der Waals surface area contributed by atoms with Crippen LogP contribution in [0.5, 0.6) is 5.75 Å². The van der Waals surface area contributed by atoms with Gasteiger partial charge in [0.15, 0.2) is 0 Å². The monoisotopic (exact) mass is 207 g/mol. The predicted molar refractivity (Wildman–Crippen MR) is 58.6 cm³/mol. The highest BCUT2D eigenvalue weighted by Crippen LogP contribution is 2.30. The highest BCUT2D eigenvalue weighted by Gasteiger charge is 2.28. The van der Waals surface area contributed by atoms with E-state index in [1.807, 2.05) is 18.2 Å². The van der Waals surface area contributed by atoms with Crippen LogP contribution in [0.1, 0.15) is 25.6 Å². The Morgan fingerprint density at radius 2 is 2.13 bits per heavy atom. The molecule has 15 heavy (non-hydrogen) atoms. The molecular weight excluding hydrogens is 190 g/mol. The molecule has 1 aromatic carbocycles. The van der Waals surface area contributed by atoms with Gasteiger partial charge in [0.05, 0.1) is 6.61 Å². The van der Waals surface area contributed by atoms with Gasteiger partial charge in [-0.2, -0.15) is 0 Å². The Bertz CT molecular complexity index is 339. The number of ether oxygens (including phenoxy) is 1. The maximum atomic E-state index is 9.67. The minimum absolute atomic E-state index is 0.168. The lowest BCUT2D eigenvalue weighted by molar-refractivity contribution is -0.0603. The first-order chi connectivity index (χ1) is 7.08. The smallest absolute Gasteiger partial charge is 0.137 e. The van der Waals surface area contributed by atoms with Crippen LogP contribution in [0.25, 0.3) is 0 Å². The van der Waals surface area contributed by atoms with E-state index in [2.05, 4.69) is 19.2 Å². The van der Waals surface area contributed by atoms with Gasteiger partial charge in [0, 0.05) is 17.5 Å². The van der Waals surface area contributed by atoms with Gasteiger partial charge in [0.1, 0.15) is 12.0 Å². The highest BCUT2D eigenvalue weighted by atomic mass is 16.5. The molecule has 1 unspecified atom stereocenters. The van der Waals surface area contributed by atoms with Gasteiger partial charge in [-0.1, -0.05) is 32.0 Å². The number of hydrogen-bond donors (Lipinski definition) is 2. The van der Waals surface area contributed by atoms with Crippen LogP contribution in [0, 0.1) is 5.41 Å². The molecule has 0 spiro atoms. The van der Waals surface area contributed by atoms with Gasteiger partial charge in [-0.25, -0.2) is 0 Å². The zero-order chi connectivity index (χ0) is 10.9. The van der Waals surface area contributed by atoms with Gasteiger partial charge in [0.25, 0.3) is 0 Å². The molecule has 0 aliphatic carbocycles. The summed E-state index contributed by atoms with van der Waals surface area (Å²) in [5.41, 5.74) is 0.981. The van der Waals surface area contributed by atoms with Crippen molar-refractivity contribution in [2.45, 2.75) is 20.1 Å². The van der Waals surface area contributed by atoms with Crippen LogP contribution in [-0.2, 0) is 4.74 Å². The lowest BCUT2D eigenvalue weighted by Gasteiger charge is -2.35. The molecule has 0 radical (unpaired) electrons. The standard InChI is InChI=1S/C12H17NO2/c1-12(2)7-13-11(15-8-12)9-5-3-4-6-10(9)14/h3-6,11,13-14H,7-8H2,1-2H3. The summed E-state index contributed by atoms with van der Waals surface area (Å²) in [6.45, 7) is 5.91. The number of phenols is 1. The Morgan fingerprint density at radius 1 is 1.40 bits per heavy atom. The van der Waals surface area contributed by atoms with E-state index in [0.29, 0.717) is 6.61 Å². The molecule has 1 saturated heterocycles. The molecule has 1 aromatic rings. The summed E-state index contributed by atoms with van der Waals surface area (Å²) in [6.07, 6.45) is -0.181. The molecule has 0 bridgehead atoms. The number of nitrogens with one attached hydrogen (secondary N) is 1. The van der Waals surface area contributed by atoms with E-state index < -0.39 is 0 Å². The fourth-order valence-electron chi connectivity index (χ4n) is 1.70. The lowest BCUT2D eigenvalue weighted by Crippen LogP contribution is -2.43. The second-order valence-electron chi connectivity index (χ2n) is 4.79. The third-order valence-corrected chi connectivity index (χ3v) is 2.63. The molecule has 1 heterocycles. The fraction of sp³-hybridized carbons (Fsp3) is 0.500. The Kier molecular flexibility index (Phi) is 2.67. The first kappa shape index (κ1) is 10.5. The van der Waals surface area contributed by atoms with Crippen molar-refractivity contribution < 1.29 is 9.84 Å². The van der Waals surface area contributed by atoms with Crippen molar-refractivity contribution in [2.75, 3.05) is 13.2 Å². The predicted octanol–water partition coefficient (Wildman–Crippen LogP) is 2.04. The van der Waals surface area contributed by atoms with E-state index in [1.54, 1.807) is 6.07 Å². The molecule has 0 aromatic heterocycles. The van der Waals surface area contributed by atoms with E-state index in [0.717, 1.165) is 12.1 Å². The van der Waals surface area contributed by atoms with Crippen LogP contribution < -0.4 is 5.32 Å². The average molecular weight is 207 g/mol. The number of para-hydroxylation sites is 1. The minimum atomic E-state index is -0.181. The normalized spacial score (nSPS) is 25.1. The average Bonchev–Trinajstić information content (AvgIpc) is 2.19. The Morgan fingerprint density at radius 3 is 2.73 bits per heavy atom. The van der Waals surface area contributed by atoms with E-state index in [4.69, 9.17) is 4.74 Å². The maximum absolute atomic E-state index is 9.67. The quantitative estimate of drug-likeness (QED) is 0.740. The Labute approximate surface area is 90.1 Å². The minimum Gasteiger partial charge on any atom is -0.508 e. The molecule has 3 heteroatoms. The molecule has 82 valence electrons. The fourth-order valence-corrected chi connectivity index (χ4v) is 1.70. The second kappa shape index (κ2) is 3.83. The van der Waals surface area contributed by atoms with E-state index in [-0.39, 0.29) is 17.4 Å². The van der Waals surface area contributed by atoms with Crippen molar-refractivity contribution in [3.8, 4) is 5.75 Å². The van der Waals surface area contributed by atoms with Gasteiger partial charge < -0.3 is 9.84 Å². The molecule has 0 amide bonds. The number of aromatic hydroxyl groups is 1. The topological polar surface area (TPSA) is 41.5 Å². The maximum Gasteiger partial charge on any atom is 0.137 e. The number of rotatable bonds is 1. The third-order valence-electron chi connectivity index (χ3n) is 2.63. The molecule has 1 aliphatic rings. The number of phenolic OH excluding ortho intramolecular Hbond substituents is 1. The molecular formula is C12H17NO2.